The fourth-order valence-corrected chi connectivity index (χ4v) is 11.3. The molecule has 2 nitrogen and oxygen atoms in total. The Morgan fingerprint density at radius 1 is 0.510 bits per heavy atom. The fraction of sp³-hybridized carbons (Fsp3) is 0.224. The summed E-state index contributed by atoms with van der Waals surface area (Å²) in [6.07, 6.45) is 5.29. The SMILES string of the molecule is CC1CC2CC(C)C3(c4cc(-c5nc6c7ccccc7c7ccccc7c6nc5-c5ccccc5)ccc4-c4c3ccc3ccccc43)C(C1)C2. The largest absolute Gasteiger partial charge is 0.243 e. The maximum atomic E-state index is 5.69. The summed E-state index contributed by atoms with van der Waals surface area (Å²) in [4.78, 5) is 11.3. The van der Waals surface area contributed by atoms with Crippen molar-refractivity contribution in [3.63, 3.8) is 0 Å². The van der Waals surface area contributed by atoms with Gasteiger partial charge in [0.15, 0.2) is 0 Å². The molecule has 51 heavy (non-hydrogen) atoms. The number of nitrogens with zero attached hydrogens (tertiary/aromatic N) is 2. The van der Waals surface area contributed by atoms with Gasteiger partial charge in [0.2, 0.25) is 0 Å². The summed E-state index contributed by atoms with van der Waals surface area (Å²) in [5.74, 6) is 2.76. The van der Waals surface area contributed by atoms with E-state index in [9.17, 15) is 0 Å². The third-order valence-corrected chi connectivity index (χ3v) is 13.1. The second-order valence-electron chi connectivity index (χ2n) is 15.9. The molecular formula is C49H40N2. The second kappa shape index (κ2) is 10.8. The smallest absolute Gasteiger partial charge is 0.0979 e. The van der Waals surface area contributed by atoms with Crippen molar-refractivity contribution in [3.8, 4) is 33.6 Å². The van der Waals surface area contributed by atoms with Gasteiger partial charge in [-0.3, -0.25) is 0 Å². The van der Waals surface area contributed by atoms with Gasteiger partial charge >= 0.3 is 0 Å². The van der Waals surface area contributed by atoms with E-state index >= 15 is 0 Å². The highest BCUT2D eigenvalue weighted by atomic mass is 14.8. The van der Waals surface area contributed by atoms with E-state index < -0.39 is 0 Å². The summed E-state index contributed by atoms with van der Waals surface area (Å²) in [7, 11) is 0. The molecule has 1 aromatic heterocycles. The lowest BCUT2D eigenvalue weighted by atomic mass is 9.49. The zero-order valence-electron chi connectivity index (χ0n) is 29.2. The Kier molecular flexibility index (Phi) is 6.24. The van der Waals surface area contributed by atoms with Crippen molar-refractivity contribution >= 4 is 43.4 Å². The number of hydrogen-bond donors (Lipinski definition) is 0. The highest BCUT2D eigenvalue weighted by molar-refractivity contribution is 6.23. The fourth-order valence-electron chi connectivity index (χ4n) is 11.3. The normalized spacial score (nSPS) is 23.6. The molecule has 5 atom stereocenters. The van der Waals surface area contributed by atoms with E-state index in [0.717, 1.165) is 56.2 Å². The molecule has 0 amide bonds. The summed E-state index contributed by atoms with van der Waals surface area (Å²) < 4.78 is 0. The lowest BCUT2D eigenvalue weighted by Crippen LogP contribution is -2.49. The first-order valence-corrected chi connectivity index (χ1v) is 18.9. The molecule has 0 aliphatic heterocycles. The molecule has 0 radical (unpaired) electrons. The van der Waals surface area contributed by atoms with Gasteiger partial charge in [-0.25, -0.2) is 9.97 Å². The van der Waals surface area contributed by atoms with Crippen LogP contribution in [-0.2, 0) is 5.41 Å². The molecule has 0 saturated heterocycles. The quantitative estimate of drug-likeness (QED) is 0.173. The minimum absolute atomic E-state index is 0.0179. The van der Waals surface area contributed by atoms with Crippen LogP contribution in [-0.4, -0.2) is 9.97 Å². The monoisotopic (exact) mass is 656 g/mol. The van der Waals surface area contributed by atoms with Crippen LogP contribution in [0, 0.1) is 23.7 Å². The third kappa shape index (κ3) is 4.05. The van der Waals surface area contributed by atoms with Crippen molar-refractivity contribution in [2.45, 2.75) is 44.9 Å². The Balaban J connectivity index is 1.23. The van der Waals surface area contributed by atoms with Crippen molar-refractivity contribution in [3.05, 3.63) is 145 Å². The average Bonchev–Trinajstić information content (AvgIpc) is 3.48. The molecule has 1 spiro atoms. The second-order valence-corrected chi connectivity index (χ2v) is 15.9. The van der Waals surface area contributed by atoms with E-state index in [1.165, 1.54) is 63.9 Å². The highest BCUT2D eigenvalue weighted by Gasteiger charge is 2.57. The summed E-state index contributed by atoms with van der Waals surface area (Å²) in [5, 5.41) is 7.45. The van der Waals surface area contributed by atoms with Crippen LogP contribution in [0.5, 0.6) is 0 Å². The maximum absolute atomic E-state index is 5.69. The number of fused-ring (bicyclic) bond motifs is 16. The van der Waals surface area contributed by atoms with Crippen LogP contribution in [0.4, 0.5) is 0 Å². The summed E-state index contributed by atoms with van der Waals surface area (Å²) in [6, 6.07) is 49.4. The lowest BCUT2D eigenvalue weighted by molar-refractivity contribution is 0.0426. The van der Waals surface area contributed by atoms with Crippen LogP contribution >= 0.6 is 0 Å². The molecule has 2 saturated carbocycles. The number of benzene rings is 7. The molecule has 3 aliphatic carbocycles. The summed E-state index contributed by atoms with van der Waals surface area (Å²) in [5.41, 5.74) is 12.0. The van der Waals surface area contributed by atoms with Crippen molar-refractivity contribution in [2.75, 3.05) is 0 Å². The molecule has 246 valence electrons. The Morgan fingerprint density at radius 3 is 1.86 bits per heavy atom. The van der Waals surface area contributed by atoms with Gasteiger partial charge in [-0.2, -0.15) is 0 Å². The Bertz CT molecular complexity index is 2710. The molecule has 3 aliphatic rings. The standard InChI is InChI=1S/C49H40N2/c1-29-24-31-26-30(2)49(35(25-29)27-31)42-23-21-32-12-6-7-15-36(32)44(42)41-22-20-34(28-43(41)49)46-45(33-13-4-3-5-14-33)50-47-39-18-10-8-16-37(39)38-17-9-11-19-40(38)48(47)51-46/h3-23,28-31,35H,24-27H2,1-2H3. The van der Waals surface area contributed by atoms with Gasteiger partial charge < -0.3 is 0 Å². The van der Waals surface area contributed by atoms with Crippen molar-refractivity contribution in [1.82, 2.24) is 9.97 Å². The van der Waals surface area contributed by atoms with Crippen LogP contribution in [0.1, 0.15) is 50.7 Å². The van der Waals surface area contributed by atoms with Gasteiger partial charge in [-0.1, -0.05) is 141 Å². The van der Waals surface area contributed by atoms with E-state index in [1.54, 1.807) is 5.56 Å². The molecule has 11 rings (SSSR count). The minimum atomic E-state index is -0.0179. The Morgan fingerprint density at radius 2 is 1.14 bits per heavy atom. The number of aromatic nitrogens is 2. The molecule has 1 heterocycles. The first-order chi connectivity index (χ1) is 25.1. The Labute approximate surface area is 299 Å². The van der Waals surface area contributed by atoms with Gasteiger partial charge in [0.25, 0.3) is 0 Å². The van der Waals surface area contributed by atoms with Crippen LogP contribution in [0.2, 0.25) is 0 Å². The molecule has 2 bridgehead atoms. The lowest BCUT2D eigenvalue weighted by Gasteiger charge is -2.54. The Hall–Kier alpha value is -5.34. The number of rotatable bonds is 2. The zero-order valence-corrected chi connectivity index (χ0v) is 29.2. The molecule has 5 unspecified atom stereocenters. The van der Waals surface area contributed by atoms with Gasteiger partial charge in [0.1, 0.15) is 0 Å². The molecule has 2 heteroatoms. The third-order valence-electron chi connectivity index (χ3n) is 13.1. The molecule has 0 N–H and O–H groups in total. The van der Waals surface area contributed by atoms with Crippen molar-refractivity contribution in [1.29, 1.82) is 0 Å². The average molecular weight is 657 g/mol. The highest BCUT2D eigenvalue weighted by Crippen LogP contribution is 2.65. The van der Waals surface area contributed by atoms with Crippen LogP contribution in [0.25, 0.3) is 77.0 Å². The predicted molar refractivity (Wildman–Crippen MR) is 213 cm³/mol. The summed E-state index contributed by atoms with van der Waals surface area (Å²) in [6.45, 7) is 5.07. The minimum Gasteiger partial charge on any atom is -0.243 e. The van der Waals surface area contributed by atoms with Gasteiger partial charge in [-0.05, 0) is 99.2 Å². The summed E-state index contributed by atoms with van der Waals surface area (Å²) >= 11 is 0. The van der Waals surface area contributed by atoms with Crippen LogP contribution < -0.4 is 0 Å². The van der Waals surface area contributed by atoms with E-state index in [-0.39, 0.29) is 5.41 Å². The molecule has 2 fully saturated rings. The van der Waals surface area contributed by atoms with Crippen molar-refractivity contribution in [2.24, 2.45) is 23.7 Å². The van der Waals surface area contributed by atoms with Gasteiger partial charge in [0, 0.05) is 27.3 Å². The maximum Gasteiger partial charge on any atom is 0.0979 e. The van der Waals surface area contributed by atoms with Crippen LogP contribution in [0.3, 0.4) is 0 Å². The molecule has 8 aromatic rings. The topological polar surface area (TPSA) is 25.8 Å². The van der Waals surface area contributed by atoms with Crippen molar-refractivity contribution < 1.29 is 0 Å². The number of hydrogen-bond acceptors (Lipinski definition) is 2. The first-order valence-electron chi connectivity index (χ1n) is 18.9. The van der Waals surface area contributed by atoms with E-state index in [1.807, 2.05) is 0 Å². The van der Waals surface area contributed by atoms with Gasteiger partial charge in [-0.15, -0.1) is 0 Å². The van der Waals surface area contributed by atoms with E-state index in [0.29, 0.717) is 11.8 Å². The van der Waals surface area contributed by atoms with E-state index in [2.05, 4.69) is 147 Å². The zero-order chi connectivity index (χ0) is 33.8. The molecule has 7 aromatic carbocycles. The van der Waals surface area contributed by atoms with E-state index in [4.69, 9.17) is 9.97 Å². The first kappa shape index (κ1) is 29.4. The van der Waals surface area contributed by atoms with Crippen LogP contribution in [0.15, 0.2) is 133 Å². The molecular weight excluding hydrogens is 617 g/mol. The predicted octanol–water partition coefficient (Wildman–Crippen LogP) is 12.8. The van der Waals surface area contributed by atoms with Gasteiger partial charge in [0.05, 0.1) is 22.4 Å².